The summed E-state index contributed by atoms with van der Waals surface area (Å²) in [5.41, 5.74) is 0. The maximum Gasteiger partial charge on any atom is -0.0279 e. The van der Waals surface area contributed by atoms with E-state index in [2.05, 4.69) is 24.3 Å². The third-order valence-corrected chi connectivity index (χ3v) is 1.98. The summed E-state index contributed by atoms with van der Waals surface area (Å²) in [5.74, 6) is 0. The van der Waals surface area contributed by atoms with E-state index >= 15 is 0 Å². The Kier molecular flexibility index (Phi) is 4.84. The van der Waals surface area contributed by atoms with Crippen molar-refractivity contribution in [3.8, 4) is 0 Å². The molecular formula is C11H17. The first-order valence-corrected chi connectivity index (χ1v) is 4.70. The molecule has 0 N–H and O–H groups in total. The molecular weight excluding hydrogens is 132 g/mol. The van der Waals surface area contributed by atoms with Crippen LogP contribution in [0.15, 0.2) is 18.2 Å². The Morgan fingerprint density at radius 2 is 1.73 bits per heavy atom. The van der Waals surface area contributed by atoms with Crippen molar-refractivity contribution in [3.05, 3.63) is 24.3 Å². The van der Waals surface area contributed by atoms with Gasteiger partial charge in [-0.25, -0.2) is 0 Å². The van der Waals surface area contributed by atoms with Gasteiger partial charge in [0.05, 0.1) is 0 Å². The van der Waals surface area contributed by atoms with Crippen molar-refractivity contribution in [2.24, 2.45) is 0 Å². The number of hydrogen-bond donors (Lipinski definition) is 0. The van der Waals surface area contributed by atoms with Crippen LogP contribution in [0.3, 0.4) is 0 Å². The molecule has 0 heteroatoms. The average molecular weight is 149 g/mol. The molecule has 0 heterocycles. The van der Waals surface area contributed by atoms with Crippen molar-refractivity contribution in [2.75, 3.05) is 0 Å². The molecule has 0 atom stereocenters. The van der Waals surface area contributed by atoms with Gasteiger partial charge in [0.25, 0.3) is 0 Å². The summed E-state index contributed by atoms with van der Waals surface area (Å²) in [5, 5.41) is 0. The topological polar surface area (TPSA) is 0 Å². The largest absolute Gasteiger partial charge is 0.0885 e. The van der Waals surface area contributed by atoms with Crippen LogP contribution in [0.25, 0.3) is 0 Å². The van der Waals surface area contributed by atoms with E-state index in [1.807, 2.05) is 0 Å². The molecule has 0 bridgehead atoms. The molecule has 0 aromatic rings. The molecule has 0 spiro atoms. The zero-order chi connectivity index (χ0) is 7.78. The summed E-state index contributed by atoms with van der Waals surface area (Å²) in [7, 11) is 0. The number of rotatable bonds is 0. The highest BCUT2D eigenvalue weighted by molar-refractivity contribution is 4.86. The van der Waals surface area contributed by atoms with Crippen LogP contribution in [0, 0.1) is 6.08 Å². The molecule has 0 aliphatic heterocycles. The minimum absolute atomic E-state index is 1.17. The van der Waals surface area contributed by atoms with Crippen molar-refractivity contribution in [1.29, 1.82) is 0 Å². The van der Waals surface area contributed by atoms with Gasteiger partial charge in [-0.2, -0.15) is 0 Å². The second kappa shape index (κ2) is 6.21. The molecule has 0 aromatic heterocycles. The highest BCUT2D eigenvalue weighted by Gasteiger charge is 1.87. The van der Waals surface area contributed by atoms with Crippen LogP contribution in [0.5, 0.6) is 0 Å². The van der Waals surface area contributed by atoms with Gasteiger partial charge in [-0.15, -0.1) is 0 Å². The van der Waals surface area contributed by atoms with Gasteiger partial charge >= 0.3 is 0 Å². The standard InChI is InChI=1S/C11H17/c1-2-4-6-8-10-11-9-7-5-3-1/h1-2,7H,3-6,8,10-11H2/b2-1-,9-7?. The zero-order valence-corrected chi connectivity index (χ0v) is 7.18. The lowest BCUT2D eigenvalue weighted by Gasteiger charge is -1.92. The Hall–Kier alpha value is -0.520. The fourth-order valence-electron chi connectivity index (χ4n) is 1.29. The molecule has 0 nitrogen and oxygen atoms in total. The van der Waals surface area contributed by atoms with Gasteiger partial charge in [0, 0.05) is 0 Å². The van der Waals surface area contributed by atoms with E-state index in [0.717, 1.165) is 0 Å². The fourth-order valence-corrected chi connectivity index (χ4v) is 1.29. The molecule has 11 heavy (non-hydrogen) atoms. The number of hydrogen-bond acceptors (Lipinski definition) is 0. The lowest BCUT2D eigenvalue weighted by atomic mass is 10.1. The van der Waals surface area contributed by atoms with E-state index < -0.39 is 0 Å². The average Bonchev–Trinajstić information content (AvgIpc) is 2.08. The van der Waals surface area contributed by atoms with Gasteiger partial charge < -0.3 is 0 Å². The van der Waals surface area contributed by atoms with Gasteiger partial charge in [-0.3, -0.25) is 0 Å². The third kappa shape index (κ3) is 4.83. The van der Waals surface area contributed by atoms with Crippen LogP contribution in [-0.2, 0) is 0 Å². The molecule has 1 rings (SSSR count). The summed E-state index contributed by atoms with van der Waals surface area (Å²) in [6.45, 7) is 0. The normalized spacial score (nSPS) is 26.9. The fraction of sp³-hybridized carbons (Fsp3) is 0.636. The van der Waals surface area contributed by atoms with E-state index in [-0.39, 0.29) is 0 Å². The first-order chi connectivity index (χ1) is 5.50. The maximum absolute atomic E-state index is 3.32. The molecule has 0 unspecified atom stereocenters. The first-order valence-electron chi connectivity index (χ1n) is 4.70. The van der Waals surface area contributed by atoms with Crippen LogP contribution in [0.1, 0.15) is 44.9 Å². The van der Waals surface area contributed by atoms with E-state index in [1.165, 1.54) is 44.9 Å². The Morgan fingerprint density at radius 1 is 0.818 bits per heavy atom. The summed E-state index contributed by atoms with van der Waals surface area (Å²) >= 11 is 0. The molecule has 0 saturated carbocycles. The molecule has 0 fully saturated rings. The van der Waals surface area contributed by atoms with Crippen LogP contribution in [0.2, 0.25) is 0 Å². The van der Waals surface area contributed by atoms with Crippen molar-refractivity contribution in [2.45, 2.75) is 44.9 Å². The molecule has 1 radical (unpaired) electrons. The van der Waals surface area contributed by atoms with Crippen LogP contribution < -0.4 is 0 Å². The Morgan fingerprint density at radius 3 is 2.73 bits per heavy atom. The van der Waals surface area contributed by atoms with Gasteiger partial charge in [0.15, 0.2) is 0 Å². The second-order valence-corrected chi connectivity index (χ2v) is 3.06. The van der Waals surface area contributed by atoms with Crippen LogP contribution in [0.4, 0.5) is 0 Å². The van der Waals surface area contributed by atoms with E-state index in [0.29, 0.717) is 0 Å². The SMILES string of the molecule is [C]1=C\CC/C=C\CCCCC/1. The maximum atomic E-state index is 3.32. The summed E-state index contributed by atoms with van der Waals surface area (Å²) in [4.78, 5) is 0. The van der Waals surface area contributed by atoms with Gasteiger partial charge in [-0.05, 0) is 44.6 Å². The monoisotopic (exact) mass is 149 g/mol. The highest BCUT2D eigenvalue weighted by atomic mass is 13.9. The lowest BCUT2D eigenvalue weighted by molar-refractivity contribution is 0.691. The van der Waals surface area contributed by atoms with Gasteiger partial charge in [0.2, 0.25) is 0 Å². The summed E-state index contributed by atoms with van der Waals surface area (Å²) in [6, 6.07) is 0. The first kappa shape index (κ1) is 8.58. The third-order valence-electron chi connectivity index (χ3n) is 1.98. The van der Waals surface area contributed by atoms with E-state index in [4.69, 9.17) is 0 Å². The molecule has 1 aliphatic rings. The molecule has 1 aliphatic carbocycles. The lowest BCUT2D eigenvalue weighted by Crippen LogP contribution is -1.74. The summed E-state index contributed by atoms with van der Waals surface area (Å²) < 4.78 is 0. The van der Waals surface area contributed by atoms with Crippen molar-refractivity contribution in [1.82, 2.24) is 0 Å². The molecule has 0 saturated heterocycles. The zero-order valence-electron chi connectivity index (χ0n) is 7.18. The van der Waals surface area contributed by atoms with Gasteiger partial charge in [-0.1, -0.05) is 24.6 Å². The Balaban J connectivity index is 2.22. The smallest absolute Gasteiger partial charge is 0.0279 e. The quantitative estimate of drug-likeness (QED) is 0.461. The van der Waals surface area contributed by atoms with Crippen molar-refractivity contribution >= 4 is 0 Å². The number of allylic oxidation sites excluding steroid dienone is 4. The highest BCUT2D eigenvalue weighted by Crippen LogP contribution is 2.06. The Labute approximate surface area is 70.0 Å². The van der Waals surface area contributed by atoms with E-state index in [9.17, 15) is 0 Å². The Bertz CT molecular complexity index is 115. The van der Waals surface area contributed by atoms with Crippen LogP contribution in [-0.4, -0.2) is 0 Å². The second-order valence-electron chi connectivity index (χ2n) is 3.06. The molecule has 0 amide bonds. The molecule has 0 aromatic carbocycles. The van der Waals surface area contributed by atoms with Crippen molar-refractivity contribution in [3.63, 3.8) is 0 Å². The summed E-state index contributed by atoms with van der Waals surface area (Å²) in [6.07, 6.45) is 19.0. The minimum Gasteiger partial charge on any atom is -0.0885 e. The minimum atomic E-state index is 1.17. The van der Waals surface area contributed by atoms with Crippen molar-refractivity contribution < 1.29 is 0 Å². The van der Waals surface area contributed by atoms with E-state index in [1.54, 1.807) is 0 Å². The van der Waals surface area contributed by atoms with Gasteiger partial charge in [0.1, 0.15) is 0 Å². The predicted octanol–water partition coefficient (Wildman–Crippen LogP) is 3.65. The van der Waals surface area contributed by atoms with Crippen LogP contribution >= 0.6 is 0 Å². The molecule has 61 valence electrons. The predicted molar refractivity (Wildman–Crippen MR) is 49.3 cm³/mol.